The molecular formula is C25H19BrN4O3S. The summed E-state index contributed by atoms with van der Waals surface area (Å²) >= 11 is 9.32. The maximum absolute atomic E-state index is 11.2. The molecule has 2 aromatic carbocycles. The topological polar surface area (TPSA) is 84.4 Å². The summed E-state index contributed by atoms with van der Waals surface area (Å²) in [7, 11) is 0. The number of thiocarbonyl (C=S) groups is 1. The van der Waals surface area contributed by atoms with Crippen LogP contribution in [0.25, 0.3) is 11.3 Å². The Morgan fingerprint density at radius 3 is 2.71 bits per heavy atom. The number of nitro groups is 1. The summed E-state index contributed by atoms with van der Waals surface area (Å²) in [6.07, 6.45) is 1.75. The average Bonchev–Trinajstić information content (AvgIpc) is 3.46. The first kappa shape index (κ1) is 22.2. The highest BCUT2D eigenvalue weighted by Gasteiger charge is 2.42. The van der Waals surface area contributed by atoms with Gasteiger partial charge in [-0.05, 0) is 67.2 Å². The van der Waals surface area contributed by atoms with E-state index in [1.54, 1.807) is 18.3 Å². The van der Waals surface area contributed by atoms with E-state index in [0.717, 1.165) is 21.4 Å². The van der Waals surface area contributed by atoms with Crippen LogP contribution in [0.4, 0.5) is 11.4 Å². The molecule has 170 valence electrons. The molecule has 0 radical (unpaired) electrons. The van der Waals surface area contributed by atoms with E-state index < -0.39 is 4.92 Å². The highest BCUT2D eigenvalue weighted by atomic mass is 79.9. The molecule has 3 heterocycles. The van der Waals surface area contributed by atoms with Gasteiger partial charge in [-0.15, -0.1) is 0 Å². The number of nitrogens with one attached hydrogen (secondary N) is 1. The molecule has 9 heteroatoms. The molecule has 0 saturated carbocycles. The molecule has 4 aromatic rings. The molecule has 1 aliphatic heterocycles. The minimum Gasteiger partial charge on any atom is -0.459 e. The van der Waals surface area contributed by atoms with E-state index in [4.69, 9.17) is 16.6 Å². The fourth-order valence-electron chi connectivity index (χ4n) is 4.14. The molecule has 34 heavy (non-hydrogen) atoms. The van der Waals surface area contributed by atoms with Gasteiger partial charge in [-0.1, -0.05) is 34.1 Å². The SMILES string of the molecule is Cc1cc(N2C(=S)N[C@H](c3ccccn3)[C@H]2c2ccc(-c3cccc([N+](=O)[O-])c3)o2)ccc1Br. The number of pyridine rings is 1. The first-order chi connectivity index (χ1) is 16.4. The Morgan fingerprint density at radius 1 is 1.12 bits per heavy atom. The maximum Gasteiger partial charge on any atom is 0.270 e. The third-order valence-electron chi connectivity index (χ3n) is 5.78. The van der Waals surface area contributed by atoms with E-state index in [1.165, 1.54) is 12.1 Å². The fourth-order valence-corrected chi connectivity index (χ4v) is 4.73. The molecule has 0 bridgehead atoms. The van der Waals surface area contributed by atoms with Crippen molar-refractivity contribution in [1.82, 2.24) is 10.3 Å². The van der Waals surface area contributed by atoms with Gasteiger partial charge in [0.05, 0.1) is 16.7 Å². The van der Waals surface area contributed by atoms with Crippen LogP contribution in [0.5, 0.6) is 0 Å². The number of nitro benzene ring substituents is 1. The maximum atomic E-state index is 11.2. The van der Waals surface area contributed by atoms with E-state index in [1.807, 2.05) is 54.3 Å². The lowest BCUT2D eigenvalue weighted by Crippen LogP contribution is -2.29. The number of hydrogen-bond acceptors (Lipinski definition) is 5. The second-order valence-electron chi connectivity index (χ2n) is 7.94. The second-order valence-corrected chi connectivity index (χ2v) is 9.18. The largest absolute Gasteiger partial charge is 0.459 e. The van der Waals surface area contributed by atoms with E-state index >= 15 is 0 Å². The van der Waals surface area contributed by atoms with Crippen LogP contribution in [0.3, 0.4) is 0 Å². The third kappa shape index (κ3) is 4.08. The summed E-state index contributed by atoms with van der Waals surface area (Å²) in [5, 5.41) is 15.2. The Labute approximate surface area is 209 Å². The van der Waals surface area contributed by atoms with E-state index in [0.29, 0.717) is 22.2 Å². The molecule has 0 spiro atoms. The highest BCUT2D eigenvalue weighted by molar-refractivity contribution is 9.10. The monoisotopic (exact) mass is 534 g/mol. The van der Waals surface area contributed by atoms with Gasteiger partial charge in [0.1, 0.15) is 17.6 Å². The smallest absolute Gasteiger partial charge is 0.270 e. The molecule has 1 fully saturated rings. The van der Waals surface area contributed by atoms with Crippen LogP contribution in [-0.4, -0.2) is 15.0 Å². The summed E-state index contributed by atoms with van der Waals surface area (Å²) < 4.78 is 7.31. The summed E-state index contributed by atoms with van der Waals surface area (Å²) in [5.41, 5.74) is 3.48. The number of hydrogen-bond donors (Lipinski definition) is 1. The summed E-state index contributed by atoms with van der Waals surface area (Å²) in [6.45, 7) is 2.03. The van der Waals surface area contributed by atoms with Crippen molar-refractivity contribution in [1.29, 1.82) is 0 Å². The number of anilines is 1. The first-order valence-electron chi connectivity index (χ1n) is 10.5. The fraction of sp³-hybridized carbons (Fsp3) is 0.120. The quantitative estimate of drug-likeness (QED) is 0.178. The molecule has 1 N–H and O–H groups in total. The van der Waals surface area contributed by atoms with Gasteiger partial charge in [0, 0.05) is 34.1 Å². The van der Waals surface area contributed by atoms with Gasteiger partial charge < -0.3 is 14.6 Å². The molecule has 1 saturated heterocycles. The molecule has 1 aliphatic rings. The van der Waals surface area contributed by atoms with Crippen molar-refractivity contribution in [2.24, 2.45) is 0 Å². The molecule has 0 amide bonds. The normalized spacial score (nSPS) is 17.6. The number of benzene rings is 2. The van der Waals surface area contributed by atoms with Gasteiger partial charge >= 0.3 is 0 Å². The Kier molecular flexibility index (Phi) is 5.89. The highest BCUT2D eigenvalue weighted by Crippen LogP contribution is 2.43. The Hall–Kier alpha value is -3.56. The molecule has 2 atom stereocenters. The molecule has 7 nitrogen and oxygen atoms in total. The number of nitrogens with zero attached hydrogens (tertiary/aromatic N) is 3. The van der Waals surface area contributed by atoms with Gasteiger partial charge in [0.15, 0.2) is 5.11 Å². The second kappa shape index (κ2) is 9.00. The zero-order valence-electron chi connectivity index (χ0n) is 18.0. The van der Waals surface area contributed by atoms with Crippen molar-refractivity contribution in [3.63, 3.8) is 0 Å². The molecule has 0 aliphatic carbocycles. The van der Waals surface area contributed by atoms with Gasteiger partial charge in [-0.2, -0.15) is 0 Å². The summed E-state index contributed by atoms with van der Waals surface area (Å²) in [6, 6.07) is 21.4. The number of furan rings is 1. The molecule has 2 aromatic heterocycles. The van der Waals surface area contributed by atoms with Crippen molar-refractivity contribution in [2.45, 2.75) is 19.0 Å². The van der Waals surface area contributed by atoms with E-state index in [-0.39, 0.29) is 17.8 Å². The zero-order chi connectivity index (χ0) is 23.8. The first-order valence-corrected chi connectivity index (χ1v) is 11.7. The molecular weight excluding hydrogens is 516 g/mol. The Morgan fingerprint density at radius 2 is 1.97 bits per heavy atom. The van der Waals surface area contributed by atoms with Crippen LogP contribution in [0.1, 0.15) is 29.1 Å². The van der Waals surface area contributed by atoms with Gasteiger partial charge in [-0.3, -0.25) is 15.1 Å². The van der Waals surface area contributed by atoms with Crippen LogP contribution in [0, 0.1) is 17.0 Å². The van der Waals surface area contributed by atoms with Crippen LogP contribution in [-0.2, 0) is 0 Å². The van der Waals surface area contributed by atoms with Gasteiger partial charge in [0.2, 0.25) is 0 Å². The lowest BCUT2D eigenvalue weighted by atomic mass is 10.0. The minimum absolute atomic E-state index is 0.0116. The van der Waals surface area contributed by atoms with E-state index in [9.17, 15) is 10.1 Å². The lowest BCUT2D eigenvalue weighted by molar-refractivity contribution is -0.384. The predicted molar refractivity (Wildman–Crippen MR) is 138 cm³/mol. The standard InChI is InChI=1S/C25H19BrN4O3S/c1-15-13-17(8-9-19(15)26)29-24(23(28-25(29)34)20-7-2-3-12-27-20)22-11-10-21(33-22)16-5-4-6-18(14-16)30(31)32/h2-14,23-24H,1H3,(H,28,34)/t23-,24-/m1/s1. The van der Waals surface area contributed by atoms with Crippen LogP contribution in [0.15, 0.2) is 87.9 Å². The van der Waals surface area contributed by atoms with Gasteiger partial charge in [0.25, 0.3) is 5.69 Å². The van der Waals surface area contributed by atoms with Crippen LogP contribution in [0.2, 0.25) is 0 Å². The van der Waals surface area contributed by atoms with Crippen molar-refractivity contribution < 1.29 is 9.34 Å². The third-order valence-corrected chi connectivity index (χ3v) is 6.98. The summed E-state index contributed by atoms with van der Waals surface area (Å²) in [4.78, 5) is 17.4. The predicted octanol–water partition coefficient (Wildman–Crippen LogP) is 6.50. The number of rotatable bonds is 5. The molecule has 0 unspecified atom stereocenters. The molecule has 5 rings (SSSR count). The Bertz CT molecular complexity index is 1390. The van der Waals surface area contributed by atoms with Crippen molar-refractivity contribution in [3.8, 4) is 11.3 Å². The minimum atomic E-state index is -0.415. The average molecular weight is 535 g/mol. The number of non-ortho nitro benzene ring substituents is 1. The van der Waals surface area contributed by atoms with Crippen molar-refractivity contribution >= 4 is 44.6 Å². The number of aromatic nitrogens is 1. The lowest BCUT2D eigenvalue weighted by Gasteiger charge is -2.26. The summed E-state index contributed by atoms with van der Waals surface area (Å²) in [5.74, 6) is 1.22. The van der Waals surface area contributed by atoms with Crippen molar-refractivity contribution in [3.05, 3.63) is 111 Å². The number of aryl methyl sites for hydroxylation is 1. The number of halogens is 1. The van der Waals surface area contributed by atoms with Crippen LogP contribution >= 0.6 is 28.1 Å². The Balaban J connectivity index is 1.60. The zero-order valence-corrected chi connectivity index (χ0v) is 20.4. The van der Waals surface area contributed by atoms with Crippen LogP contribution < -0.4 is 10.2 Å². The van der Waals surface area contributed by atoms with E-state index in [2.05, 4.69) is 32.3 Å². The van der Waals surface area contributed by atoms with Gasteiger partial charge in [-0.25, -0.2) is 0 Å². The van der Waals surface area contributed by atoms with Crippen molar-refractivity contribution in [2.75, 3.05) is 4.90 Å².